The number of hydrogen-bond acceptors (Lipinski definition) is 1. The monoisotopic (exact) mass is 197 g/mol. The summed E-state index contributed by atoms with van der Waals surface area (Å²) >= 11 is 0. The highest BCUT2D eigenvalue weighted by Crippen LogP contribution is 2.56. The molecule has 1 spiro atoms. The molecule has 1 heterocycles. The van der Waals surface area contributed by atoms with E-state index >= 15 is 0 Å². The van der Waals surface area contributed by atoms with Crippen LogP contribution in [0.5, 0.6) is 0 Å². The zero-order chi connectivity index (χ0) is 9.64. The van der Waals surface area contributed by atoms with Crippen LogP contribution in [0.15, 0.2) is 0 Å². The Bertz CT molecular complexity index is 173. The van der Waals surface area contributed by atoms with Crippen molar-refractivity contribution >= 4 is 0 Å². The van der Waals surface area contributed by atoms with Crippen molar-refractivity contribution in [3.05, 3.63) is 0 Å². The maximum Gasteiger partial charge on any atom is 0.0127 e. The van der Waals surface area contributed by atoms with Crippen LogP contribution >= 0.6 is 0 Å². The smallest absolute Gasteiger partial charge is 0.0127 e. The first-order valence-electron chi connectivity index (χ1n) is 5.80. The third kappa shape index (κ3) is 1.98. The standard InChI is InChI=1S/C12H23N.CH4/c1-9(2)11-7-12(5-6-12)8-13(11)10(3)4;/h9-11H,5-8H2,1-4H3;1H4. The summed E-state index contributed by atoms with van der Waals surface area (Å²) < 4.78 is 0. The van der Waals surface area contributed by atoms with Gasteiger partial charge in [-0.05, 0) is 44.4 Å². The lowest BCUT2D eigenvalue weighted by Gasteiger charge is -2.30. The van der Waals surface area contributed by atoms with E-state index in [9.17, 15) is 0 Å². The molecule has 0 radical (unpaired) electrons. The Labute approximate surface area is 89.9 Å². The van der Waals surface area contributed by atoms with Crippen molar-refractivity contribution in [2.45, 2.75) is 66.5 Å². The normalized spacial score (nSPS) is 30.0. The van der Waals surface area contributed by atoms with Gasteiger partial charge in [-0.25, -0.2) is 0 Å². The molecular weight excluding hydrogens is 170 g/mol. The first kappa shape index (κ1) is 12.0. The fourth-order valence-electron chi connectivity index (χ4n) is 2.85. The van der Waals surface area contributed by atoms with Crippen LogP contribution in [0.1, 0.15) is 54.4 Å². The summed E-state index contributed by atoms with van der Waals surface area (Å²) in [6.07, 6.45) is 4.47. The highest BCUT2D eigenvalue weighted by atomic mass is 15.2. The Kier molecular flexibility index (Phi) is 3.30. The lowest BCUT2D eigenvalue weighted by molar-refractivity contribution is 0.163. The first-order chi connectivity index (χ1) is 6.04. The van der Waals surface area contributed by atoms with Gasteiger partial charge >= 0.3 is 0 Å². The predicted molar refractivity (Wildman–Crippen MR) is 63.5 cm³/mol. The average molecular weight is 197 g/mol. The molecule has 2 aliphatic rings. The third-order valence-electron chi connectivity index (χ3n) is 3.98. The summed E-state index contributed by atoms with van der Waals surface area (Å²) in [4.78, 5) is 2.73. The number of hydrogen-bond donors (Lipinski definition) is 0. The Morgan fingerprint density at radius 3 is 2.00 bits per heavy atom. The van der Waals surface area contributed by atoms with Gasteiger partial charge in [-0.1, -0.05) is 21.3 Å². The summed E-state index contributed by atoms with van der Waals surface area (Å²) in [7, 11) is 0. The van der Waals surface area contributed by atoms with E-state index in [0.717, 1.165) is 23.4 Å². The van der Waals surface area contributed by atoms with Gasteiger partial charge in [-0.2, -0.15) is 0 Å². The van der Waals surface area contributed by atoms with Gasteiger partial charge in [0.05, 0.1) is 0 Å². The molecule has 14 heavy (non-hydrogen) atoms. The van der Waals surface area contributed by atoms with Gasteiger partial charge in [0.15, 0.2) is 0 Å². The summed E-state index contributed by atoms with van der Waals surface area (Å²) in [6, 6.07) is 1.61. The van der Waals surface area contributed by atoms with Gasteiger partial charge < -0.3 is 0 Å². The fourth-order valence-corrected chi connectivity index (χ4v) is 2.85. The zero-order valence-electron chi connectivity index (χ0n) is 9.51. The van der Waals surface area contributed by atoms with E-state index in [1.807, 2.05) is 0 Å². The van der Waals surface area contributed by atoms with Crippen molar-refractivity contribution in [3.8, 4) is 0 Å². The summed E-state index contributed by atoms with van der Waals surface area (Å²) in [5.74, 6) is 0.836. The van der Waals surface area contributed by atoms with Gasteiger partial charge in [-0.3, -0.25) is 4.90 Å². The molecule has 1 aliphatic heterocycles. The second-order valence-corrected chi connectivity index (χ2v) is 5.78. The minimum atomic E-state index is 0. The van der Waals surface area contributed by atoms with Gasteiger partial charge in [0, 0.05) is 18.6 Å². The van der Waals surface area contributed by atoms with E-state index in [0.29, 0.717) is 0 Å². The van der Waals surface area contributed by atoms with Crippen LogP contribution in [0, 0.1) is 11.3 Å². The summed E-state index contributed by atoms with van der Waals surface area (Å²) in [6.45, 7) is 10.8. The summed E-state index contributed by atoms with van der Waals surface area (Å²) in [5.41, 5.74) is 0.777. The topological polar surface area (TPSA) is 3.24 Å². The van der Waals surface area contributed by atoms with Crippen molar-refractivity contribution in [1.82, 2.24) is 4.90 Å². The van der Waals surface area contributed by atoms with Crippen LogP contribution in [0.25, 0.3) is 0 Å². The molecule has 1 saturated carbocycles. The molecule has 0 N–H and O–H groups in total. The molecule has 84 valence electrons. The Morgan fingerprint density at radius 2 is 1.71 bits per heavy atom. The maximum atomic E-state index is 2.73. The average Bonchev–Trinajstić information content (AvgIpc) is 2.60. The molecule has 2 fully saturated rings. The number of nitrogens with zero attached hydrogens (tertiary/aromatic N) is 1. The largest absolute Gasteiger partial charge is 0.297 e. The molecule has 0 amide bonds. The quantitative estimate of drug-likeness (QED) is 0.654. The number of rotatable bonds is 2. The Hall–Kier alpha value is -0.0400. The summed E-state index contributed by atoms with van der Waals surface area (Å²) in [5, 5.41) is 0. The van der Waals surface area contributed by atoms with Crippen LogP contribution in [-0.4, -0.2) is 23.5 Å². The van der Waals surface area contributed by atoms with E-state index in [4.69, 9.17) is 0 Å². The Balaban J connectivity index is 0.000000980. The van der Waals surface area contributed by atoms with E-state index in [-0.39, 0.29) is 7.43 Å². The first-order valence-corrected chi connectivity index (χ1v) is 5.80. The molecule has 1 unspecified atom stereocenters. The molecule has 1 aliphatic carbocycles. The molecule has 1 nitrogen and oxygen atoms in total. The van der Waals surface area contributed by atoms with Crippen LogP contribution < -0.4 is 0 Å². The molecule has 0 bridgehead atoms. The van der Waals surface area contributed by atoms with Gasteiger partial charge in [-0.15, -0.1) is 0 Å². The lowest BCUT2D eigenvalue weighted by Crippen LogP contribution is -2.38. The van der Waals surface area contributed by atoms with Crippen molar-refractivity contribution in [2.24, 2.45) is 11.3 Å². The highest BCUT2D eigenvalue weighted by Gasteiger charge is 2.52. The fraction of sp³-hybridized carbons (Fsp3) is 1.00. The minimum absolute atomic E-state index is 0. The lowest BCUT2D eigenvalue weighted by atomic mass is 9.96. The maximum absolute atomic E-state index is 2.73. The molecular formula is C13H27N. The van der Waals surface area contributed by atoms with Gasteiger partial charge in [0.1, 0.15) is 0 Å². The van der Waals surface area contributed by atoms with Gasteiger partial charge in [0.25, 0.3) is 0 Å². The third-order valence-corrected chi connectivity index (χ3v) is 3.98. The van der Waals surface area contributed by atoms with Crippen molar-refractivity contribution in [1.29, 1.82) is 0 Å². The van der Waals surface area contributed by atoms with E-state index < -0.39 is 0 Å². The predicted octanol–water partition coefficient (Wildman–Crippen LogP) is 3.54. The highest BCUT2D eigenvalue weighted by molar-refractivity contribution is 5.05. The molecule has 1 heteroatoms. The van der Waals surface area contributed by atoms with Gasteiger partial charge in [0.2, 0.25) is 0 Å². The zero-order valence-corrected chi connectivity index (χ0v) is 9.51. The van der Waals surface area contributed by atoms with Crippen molar-refractivity contribution < 1.29 is 0 Å². The molecule has 1 atom stereocenters. The second-order valence-electron chi connectivity index (χ2n) is 5.78. The van der Waals surface area contributed by atoms with E-state index in [1.54, 1.807) is 0 Å². The van der Waals surface area contributed by atoms with Crippen LogP contribution in [-0.2, 0) is 0 Å². The number of likely N-dealkylation sites (tertiary alicyclic amines) is 1. The van der Waals surface area contributed by atoms with Crippen molar-refractivity contribution in [3.63, 3.8) is 0 Å². The molecule has 2 rings (SSSR count). The van der Waals surface area contributed by atoms with Crippen molar-refractivity contribution in [2.75, 3.05) is 6.54 Å². The van der Waals surface area contributed by atoms with Crippen LogP contribution in [0.3, 0.4) is 0 Å². The minimum Gasteiger partial charge on any atom is -0.297 e. The van der Waals surface area contributed by atoms with E-state index in [1.165, 1.54) is 25.8 Å². The van der Waals surface area contributed by atoms with Crippen LogP contribution in [0.4, 0.5) is 0 Å². The molecule has 0 aromatic heterocycles. The molecule has 1 saturated heterocycles. The van der Waals surface area contributed by atoms with Crippen LogP contribution in [0.2, 0.25) is 0 Å². The van der Waals surface area contributed by atoms with E-state index in [2.05, 4.69) is 32.6 Å². The molecule has 0 aromatic carbocycles. The SMILES string of the molecule is C.CC(C)C1CC2(CC2)CN1C(C)C. The molecule has 0 aromatic rings. The second kappa shape index (κ2) is 3.84. The Morgan fingerprint density at radius 1 is 1.14 bits per heavy atom.